The summed E-state index contributed by atoms with van der Waals surface area (Å²) in [5, 5.41) is 57.7. The van der Waals surface area contributed by atoms with Crippen LogP contribution in [0, 0.1) is 5.82 Å². The molecule has 240 valence electrons. The molecule has 0 bridgehead atoms. The molecule has 2 aromatic rings. The van der Waals surface area contributed by atoms with Crippen molar-refractivity contribution in [3.63, 3.8) is 0 Å². The maximum atomic E-state index is 16.5. The number of carboxylic acids is 5. The molecule has 0 fully saturated rings. The highest BCUT2D eigenvalue weighted by atomic mass is 19.1. The van der Waals surface area contributed by atoms with Crippen molar-refractivity contribution in [2.45, 2.75) is 13.1 Å². The standard InChI is InChI=1S/C30H25FN2O13/c31-29-18(9-33(12-25(40)41)13-26(42)43)20(35)7-22-28(29)27(15-3-1-2-4-16(15)30(44)45)17-5-14(19(34)6-21(17)46-22)8-32(10-23(36)37)11-24(38)39/h1-7,34H,8-13H2,(H,36,37)(H,38,39)(H,40,41)(H,42,43)(H,44,45). The Hall–Kier alpha value is -5.87. The first-order valence-corrected chi connectivity index (χ1v) is 13.2. The third-order valence-electron chi connectivity index (χ3n) is 6.85. The van der Waals surface area contributed by atoms with Gasteiger partial charge in [0.15, 0.2) is 5.43 Å². The number of carbonyl (C=O) groups is 5. The fraction of sp³-hybridized carbons (Fsp3) is 0.200. The number of hydrogen-bond donors (Lipinski definition) is 6. The molecule has 1 aliphatic heterocycles. The van der Waals surface area contributed by atoms with Crippen molar-refractivity contribution in [3.05, 3.63) is 75.2 Å². The summed E-state index contributed by atoms with van der Waals surface area (Å²) in [5.41, 5.74) is -2.74. The molecule has 0 amide bonds. The van der Waals surface area contributed by atoms with Crippen molar-refractivity contribution >= 4 is 40.8 Å². The van der Waals surface area contributed by atoms with E-state index in [-0.39, 0.29) is 39.0 Å². The van der Waals surface area contributed by atoms with Crippen LogP contribution in [0.4, 0.5) is 4.39 Å². The maximum Gasteiger partial charge on any atom is 0.336 e. The van der Waals surface area contributed by atoms with Crippen molar-refractivity contribution in [1.82, 2.24) is 9.80 Å². The van der Waals surface area contributed by atoms with Crippen LogP contribution in [0.3, 0.4) is 0 Å². The third-order valence-corrected chi connectivity index (χ3v) is 6.85. The van der Waals surface area contributed by atoms with Crippen LogP contribution in [0.1, 0.15) is 21.5 Å². The minimum atomic E-state index is -1.45. The Kier molecular flexibility index (Phi) is 9.63. The van der Waals surface area contributed by atoms with Crippen molar-refractivity contribution in [3.8, 4) is 28.2 Å². The van der Waals surface area contributed by atoms with Gasteiger partial charge in [0, 0.05) is 41.7 Å². The summed E-state index contributed by atoms with van der Waals surface area (Å²) in [6, 6.07) is 8.60. The number of carboxylic acid groups (broad SMARTS) is 5. The van der Waals surface area contributed by atoms with E-state index in [2.05, 4.69) is 0 Å². The number of nitrogens with zero attached hydrogens (tertiary/aromatic N) is 2. The maximum absolute atomic E-state index is 16.5. The van der Waals surface area contributed by atoms with E-state index >= 15 is 4.39 Å². The summed E-state index contributed by atoms with van der Waals surface area (Å²) in [5.74, 6) is -9.15. The molecule has 0 aromatic heterocycles. The average Bonchev–Trinajstić information content (AvgIpc) is 2.93. The Balaban J connectivity index is 2.07. The van der Waals surface area contributed by atoms with Crippen LogP contribution >= 0.6 is 0 Å². The summed E-state index contributed by atoms with van der Waals surface area (Å²) < 4.78 is 22.3. The Morgan fingerprint density at radius 2 is 1.28 bits per heavy atom. The van der Waals surface area contributed by atoms with E-state index < -0.39 is 97.2 Å². The molecule has 2 aliphatic rings. The van der Waals surface area contributed by atoms with Gasteiger partial charge in [-0.2, -0.15) is 0 Å². The highest BCUT2D eigenvalue weighted by Crippen LogP contribution is 2.44. The van der Waals surface area contributed by atoms with Crippen LogP contribution in [-0.4, -0.2) is 96.5 Å². The lowest BCUT2D eigenvalue weighted by atomic mass is 9.88. The van der Waals surface area contributed by atoms with Crippen LogP contribution in [0.25, 0.3) is 33.4 Å². The lowest BCUT2D eigenvalue weighted by Crippen LogP contribution is -2.36. The molecule has 0 saturated carbocycles. The molecule has 4 rings (SSSR count). The van der Waals surface area contributed by atoms with Gasteiger partial charge in [-0.05, 0) is 17.7 Å². The van der Waals surface area contributed by atoms with Gasteiger partial charge in [-0.1, -0.05) is 18.2 Å². The number of hydrogen-bond acceptors (Lipinski definition) is 10. The van der Waals surface area contributed by atoms with Crippen molar-refractivity contribution < 1.29 is 63.4 Å². The number of rotatable bonds is 14. The van der Waals surface area contributed by atoms with Crippen molar-refractivity contribution in [2.24, 2.45) is 0 Å². The van der Waals surface area contributed by atoms with E-state index in [1.165, 1.54) is 30.3 Å². The van der Waals surface area contributed by atoms with Gasteiger partial charge in [-0.3, -0.25) is 33.8 Å². The molecule has 16 heteroatoms. The molecular weight excluding hydrogens is 615 g/mol. The zero-order chi connectivity index (χ0) is 33.9. The van der Waals surface area contributed by atoms with Crippen LogP contribution in [-0.2, 0) is 32.3 Å². The van der Waals surface area contributed by atoms with Gasteiger partial charge in [0.2, 0.25) is 0 Å². The van der Waals surface area contributed by atoms with E-state index in [9.17, 15) is 59.4 Å². The molecule has 1 aliphatic carbocycles. The number of aliphatic carboxylic acids is 4. The number of phenols is 1. The Morgan fingerprint density at radius 3 is 1.83 bits per heavy atom. The molecule has 15 nitrogen and oxygen atoms in total. The van der Waals surface area contributed by atoms with E-state index in [4.69, 9.17) is 4.42 Å². The lowest BCUT2D eigenvalue weighted by molar-refractivity contribution is -0.144. The topological polar surface area (TPSA) is 243 Å². The SMILES string of the molecule is O=C(O)CN(CC(=O)O)Cc1cc2c(-c3ccccc3C(=O)O)c3c(F)c(CN(CC(=O)O)CC(=O)O)c(=O)cc-3oc2cc1O. The van der Waals surface area contributed by atoms with Gasteiger partial charge in [0.25, 0.3) is 0 Å². The smallest absolute Gasteiger partial charge is 0.336 e. The molecule has 0 radical (unpaired) electrons. The van der Waals surface area contributed by atoms with E-state index in [1.54, 1.807) is 0 Å². The lowest BCUT2D eigenvalue weighted by Gasteiger charge is -2.23. The highest BCUT2D eigenvalue weighted by molar-refractivity contribution is 6.08. The van der Waals surface area contributed by atoms with Gasteiger partial charge in [0.05, 0.1) is 42.9 Å². The second-order valence-electron chi connectivity index (χ2n) is 10.2. The van der Waals surface area contributed by atoms with Crippen LogP contribution in [0.2, 0.25) is 0 Å². The summed E-state index contributed by atoms with van der Waals surface area (Å²) in [4.78, 5) is 72.5. The quantitative estimate of drug-likeness (QED) is 0.108. The number of aromatic hydroxyl groups is 1. The first-order valence-electron chi connectivity index (χ1n) is 13.2. The van der Waals surface area contributed by atoms with Crippen molar-refractivity contribution in [1.29, 1.82) is 0 Å². The van der Waals surface area contributed by atoms with Gasteiger partial charge < -0.3 is 35.1 Å². The van der Waals surface area contributed by atoms with Gasteiger partial charge in [-0.25, -0.2) is 9.18 Å². The number of benzene rings is 3. The monoisotopic (exact) mass is 640 g/mol. The predicted molar refractivity (Wildman–Crippen MR) is 154 cm³/mol. The minimum Gasteiger partial charge on any atom is -0.507 e. The fourth-order valence-corrected chi connectivity index (χ4v) is 5.11. The first kappa shape index (κ1) is 33.0. The fourth-order valence-electron chi connectivity index (χ4n) is 5.11. The van der Waals surface area contributed by atoms with Crippen LogP contribution in [0.15, 0.2) is 51.7 Å². The second kappa shape index (κ2) is 13.4. The summed E-state index contributed by atoms with van der Waals surface area (Å²) in [7, 11) is 0. The normalized spacial score (nSPS) is 11.4. The van der Waals surface area contributed by atoms with Gasteiger partial charge in [-0.15, -0.1) is 0 Å². The van der Waals surface area contributed by atoms with Crippen molar-refractivity contribution in [2.75, 3.05) is 26.2 Å². The van der Waals surface area contributed by atoms with E-state index in [1.807, 2.05) is 0 Å². The molecular formula is C30H25FN2O13. The molecule has 0 unspecified atom stereocenters. The summed E-state index contributed by atoms with van der Waals surface area (Å²) >= 11 is 0. The van der Waals surface area contributed by atoms with Crippen LogP contribution < -0.4 is 5.43 Å². The summed E-state index contributed by atoms with van der Waals surface area (Å²) in [6.45, 7) is -4.35. The molecule has 2 aromatic carbocycles. The Labute approximate surface area is 256 Å². The van der Waals surface area contributed by atoms with Gasteiger partial charge >= 0.3 is 29.8 Å². The molecule has 0 saturated heterocycles. The molecule has 0 spiro atoms. The molecule has 0 atom stereocenters. The first-order chi connectivity index (χ1) is 21.7. The van der Waals surface area contributed by atoms with E-state index in [0.29, 0.717) is 0 Å². The number of phenolic OH excluding ortho intramolecular Hbond substituents is 1. The number of halogens is 1. The van der Waals surface area contributed by atoms with Crippen LogP contribution in [0.5, 0.6) is 5.75 Å². The molecule has 46 heavy (non-hydrogen) atoms. The largest absolute Gasteiger partial charge is 0.507 e. The second-order valence-corrected chi connectivity index (χ2v) is 10.2. The zero-order valence-electron chi connectivity index (χ0n) is 23.6. The third kappa shape index (κ3) is 7.25. The zero-order valence-corrected chi connectivity index (χ0v) is 23.6. The summed E-state index contributed by atoms with van der Waals surface area (Å²) in [6.07, 6.45) is 0. The average molecular weight is 641 g/mol. The highest BCUT2D eigenvalue weighted by Gasteiger charge is 2.29. The van der Waals surface area contributed by atoms with E-state index in [0.717, 1.165) is 21.9 Å². The Morgan fingerprint density at radius 1 is 0.739 bits per heavy atom. The Bertz CT molecular complexity index is 1890. The van der Waals surface area contributed by atoms with Gasteiger partial charge in [0.1, 0.15) is 22.9 Å². The number of fused-ring (bicyclic) bond motifs is 2. The molecule has 6 N–H and O–H groups in total. The predicted octanol–water partition coefficient (Wildman–Crippen LogP) is 2.05. The minimum absolute atomic E-state index is 0.0176. The number of aromatic carboxylic acids is 1. The molecule has 1 heterocycles.